The Balaban J connectivity index is 2.25. The Hall–Kier alpha value is -2.78. The third-order valence-corrected chi connectivity index (χ3v) is 6.48. The molecule has 0 fully saturated rings. The average molecular weight is 423 g/mol. The minimum absolute atomic E-state index is 0.00340. The maximum Gasteiger partial charge on any atom is 0.243 e. The predicted molar refractivity (Wildman–Crippen MR) is 110 cm³/mol. The van der Waals surface area contributed by atoms with Crippen LogP contribution in [0.15, 0.2) is 41.3 Å². The number of methoxy groups -OCH3 is 2. The number of carbonyl (C=O) groups excluding carboxylic acids is 1. The summed E-state index contributed by atoms with van der Waals surface area (Å²) in [6.07, 6.45) is -0.0281. The van der Waals surface area contributed by atoms with Gasteiger partial charge in [-0.1, -0.05) is 19.9 Å². The van der Waals surface area contributed by atoms with E-state index < -0.39 is 15.9 Å². The van der Waals surface area contributed by atoms with Gasteiger partial charge in [0.25, 0.3) is 0 Å². The molecule has 2 aromatic carbocycles. The van der Waals surface area contributed by atoms with Gasteiger partial charge in [-0.15, -0.1) is 0 Å². The van der Waals surface area contributed by atoms with Crippen molar-refractivity contribution in [2.75, 3.05) is 32.6 Å². The molecule has 1 amide bonds. The van der Waals surface area contributed by atoms with Gasteiger partial charge in [0.2, 0.25) is 15.9 Å². The molecular formula is C20H26N2O6S. The topological polar surface area (TPSA) is 105 Å². The molecule has 0 bridgehead atoms. The van der Waals surface area contributed by atoms with Gasteiger partial charge in [-0.3, -0.25) is 4.79 Å². The van der Waals surface area contributed by atoms with Gasteiger partial charge >= 0.3 is 0 Å². The zero-order valence-electron chi connectivity index (χ0n) is 16.9. The number of nitrogens with zero attached hydrogens (tertiary/aromatic N) is 1. The van der Waals surface area contributed by atoms with Crippen LogP contribution < -0.4 is 14.8 Å². The smallest absolute Gasteiger partial charge is 0.243 e. The lowest BCUT2D eigenvalue weighted by molar-refractivity contribution is -0.115. The summed E-state index contributed by atoms with van der Waals surface area (Å²) in [5.41, 5.74) is 0.646. The van der Waals surface area contributed by atoms with Crippen molar-refractivity contribution in [2.45, 2.75) is 25.2 Å². The lowest BCUT2D eigenvalue weighted by atomic mass is 10.1. The predicted octanol–water partition coefficient (Wildman–Crippen LogP) is 2.62. The highest BCUT2D eigenvalue weighted by molar-refractivity contribution is 7.89. The molecule has 0 aliphatic heterocycles. The number of benzene rings is 2. The average Bonchev–Trinajstić information content (AvgIpc) is 2.70. The fraction of sp³-hybridized carbons (Fsp3) is 0.350. The number of phenolic OH excluding ortho intramolecular Hbond substituents is 1. The molecule has 0 aromatic heterocycles. The zero-order chi connectivity index (χ0) is 21.6. The number of aromatic hydroxyl groups is 1. The summed E-state index contributed by atoms with van der Waals surface area (Å²) in [5, 5.41) is 12.6. The van der Waals surface area contributed by atoms with Gasteiger partial charge in [0.05, 0.1) is 31.2 Å². The normalized spacial score (nSPS) is 11.3. The molecule has 0 saturated carbocycles. The molecule has 158 valence electrons. The van der Waals surface area contributed by atoms with E-state index in [-0.39, 0.29) is 22.8 Å². The van der Waals surface area contributed by atoms with Gasteiger partial charge in [0.1, 0.15) is 17.2 Å². The first-order chi connectivity index (χ1) is 13.8. The van der Waals surface area contributed by atoms with E-state index in [0.29, 0.717) is 30.2 Å². The van der Waals surface area contributed by atoms with Crippen LogP contribution in [-0.4, -0.2) is 51.0 Å². The van der Waals surface area contributed by atoms with Crippen LogP contribution in [-0.2, 0) is 21.2 Å². The molecule has 0 heterocycles. The number of phenols is 1. The van der Waals surface area contributed by atoms with Gasteiger partial charge in [-0.05, 0) is 24.3 Å². The largest absolute Gasteiger partial charge is 0.506 e. The molecule has 2 aromatic rings. The first-order valence-electron chi connectivity index (χ1n) is 9.10. The maximum absolute atomic E-state index is 12.7. The van der Waals surface area contributed by atoms with Crippen molar-refractivity contribution in [2.24, 2.45) is 0 Å². The summed E-state index contributed by atoms with van der Waals surface area (Å²) in [5.74, 6) is 0.430. The second-order valence-corrected chi connectivity index (χ2v) is 8.11. The SMILES string of the molecule is CCN(CC)S(=O)(=O)c1ccc(O)c(NC(=O)Cc2ccc(OC)cc2OC)c1. The number of sulfonamides is 1. The van der Waals surface area contributed by atoms with Crippen LogP contribution in [0, 0.1) is 0 Å². The van der Waals surface area contributed by atoms with Crippen molar-refractivity contribution in [3.05, 3.63) is 42.0 Å². The number of carbonyl (C=O) groups is 1. The van der Waals surface area contributed by atoms with Crippen LogP contribution in [0.1, 0.15) is 19.4 Å². The van der Waals surface area contributed by atoms with Gasteiger partial charge in [-0.2, -0.15) is 4.31 Å². The fourth-order valence-corrected chi connectivity index (χ4v) is 4.34. The molecular weight excluding hydrogens is 396 g/mol. The first-order valence-corrected chi connectivity index (χ1v) is 10.5. The van der Waals surface area contributed by atoms with Gasteiger partial charge in [-0.25, -0.2) is 8.42 Å². The Bertz CT molecular complexity index is 971. The molecule has 0 atom stereocenters. The Labute approximate surface area is 171 Å². The van der Waals surface area contributed by atoms with Crippen LogP contribution >= 0.6 is 0 Å². The standard InChI is InChI=1S/C20H26N2O6S/c1-5-22(6-2)29(25,26)16-9-10-18(23)17(13-16)21-20(24)11-14-7-8-15(27-3)12-19(14)28-4/h7-10,12-13,23H,5-6,11H2,1-4H3,(H,21,24). The minimum atomic E-state index is -3.72. The van der Waals surface area contributed by atoms with Crippen molar-refractivity contribution >= 4 is 21.6 Å². The van der Waals surface area contributed by atoms with Crippen molar-refractivity contribution in [1.82, 2.24) is 4.31 Å². The first kappa shape index (κ1) is 22.5. The molecule has 0 spiro atoms. The highest BCUT2D eigenvalue weighted by Gasteiger charge is 2.23. The Morgan fingerprint density at radius 1 is 1.07 bits per heavy atom. The Kier molecular flexibility index (Phi) is 7.46. The zero-order valence-corrected chi connectivity index (χ0v) is 17.7. The number of hydrogen-bond acceptors (Lipinski definition) is 6. The quantitative estimate of drug-likeness (QED) is 0.602. The van der Waals surface area contributed by atoms with Crippen molar-refractivity contribution in [3.8, 4) is 17.2 Å². The highest BCUT2D eigenvalue weighted by atomic mass is 32.2. The summed E-state index contributed by atoms with van der Waals surface area (Å²) < 4.78 is 37.1. The molecule has 29 heavy (non-hydrogen) atoms. The molecule has 8 nitrogen and oxygen atoms in total. The van der Waals surface area contributed by atoms with Crippen molar-refractivity contribution in [1.29, 1.82) is 0 Å². The lowest BCUT2D eigenvalue weighted by Gasteiger charge is -2.19. The summed E-state index contributed by atoms with van der Waals surface area (Å²) in [7, 11) is -0.696. The van der Waals surface area contributed by atoms with E-state index in [0.717, 1.165) is 0 Å². The Morgan fingerprint density at radius 2 is 1.76 bits per heavy atom. The number of rotatable bonds is 9. The van der Waals surface area contributed by atoms with E-state index in [2.05, 4.69) is 5.32 Å². The van der Waals surface area contributed by atoms with E-state index >= 15 is 0 Å². The number of hydrogen-bond donors (Lipinski definition) is 2. The molecule has 2 N–H and O–H groups in total. The van der Waals surface area contributed by atoms with Crippen LogP contribution in [0.4, 0.5) is 5.69 Å². The monoisotopic (exact) mass is 422 g/mol. The van der Waals surface area contributed by atoms with Gasteiger partial charge in [0.15, 0.2) is 0 Å². The third kappa shape index (κ3) is 5.18. The molecule has 0 unspecified atom stereocenters. The van der Waals surface area contributed by atoms with Crippen molar-refractivity contribution < 1.29 is 27.8 Å². The lowest BCUT2D eigenvalue weighted by Crippen LogP contribution is -2.30. The van der Waals surface area contributed by atoms with Crippen LogP contribution in [0.5, 0.6) is 17.2 Å². The van der Waals surface area contributed by atoms with Crippen molar-refractivity contribution in [3.63, 3.8) is 0 Å². The molecule has 0 saturated heterocycles. The van der Waals surface area contributed by atoms with E-state index in [9.17, 15) is 18.3 Å². The molecule has 0 radical (unpaired) electrons. The van der Waals surface area contributed by atoms with E-state index in [1.54, 1.807) is 32.0 Å². The summed E-state index contributed by atoms with van der Waals surface area (Å²) in [6.45, 7) is 4.12. The van der Waals surface area contributed by atoms with E-state index in [1.165, 1.54) is 36.7 Å². The summed E-state index contributed by atoms with van der Waals surface area (Å²) >= 11 is 0. The highest BCUT2D eigenvalue weighted by Crippen LogP contribution is 2.29. The van der Waals surface area contributed by atoms with Gasteiger partial charge in [0, 0.05) is 24.7 Å². The summed E-state index contributed by atoms with van der Waals surface area (Å²) in [6, 6.07) is 8.90. The number of ether oxygens (including phenoxy) is 2. The fourth-order valence-electron chi connectivity index (χ4n) is 2.85. The minimum Gasteiger partial charge on any atom is -0.506 e. The summed E-state index contributed by atoms with van der Waals surface area (Å²) in [4.78, 5) is 12.5. The molecule has 0 aliphatic carbocycles. The number of anilines is 1. The Morgan fingerprint density at radius 3 is 2.34 bits per heavy atom. The maximum atomic E-state index is 12.7. The third-order valence-electron chi connectivity index (χ3n) is 4.43. The molecule has 2 rings (SSSR count). The second kappa shape index (κ2) is 9.62. The number of amides is 1. The molecule has 0 aliphatic rings. The molecule has 9 heteroatoms. The van der Waals surface area contributed by atoms with E-state index in [1.807, 2.05) is 0 Å². The number of nitrogens with one attached hydrogen (secondary N) is 1. The van der Waals surface area contributed by atoms with Crippen LogP contribution in [0.25, 0.3) is 0 Å². The second-order valence-electron chi connectivity index (χ2n) is 6.17. The van der Waals surface area contributed by atoms with E-state index in [4.69, 9.17) is 9.47 Å². The van der Waals surface area contributed by atoms with Crippen LogP contribution in [0.3, 0.4) is 0 Å². The van der Waals surface area contributed by atoms with Crippen LogP contribution in [0.2, 0.25) is 0 Å². The van der Waals surface area contributed by atoms with Gasteiger partial charge < -0.3 is 19.9 Å².